The van der Waals surface area contributed by atoms with Crippen LogP contribution in [0.3, 0.4) is 0 Å². The quantitative estimate of drug-likeness (QED) is 0.571. The van der Waals surface area contributed by atoms with Crippen LogP contribution in [0.5, 0.6) is 0 Å². The molecular weight excluding hydrogens is 286 g/mol. The van der Waals surface area contributed by atoms with Crippen LogP contribution in [0, 0.1) is 3.57 Å². The molecule has 0 saturated carbocycles. The second-order valence-electron chi connectivity index (χ2n) is 1.80. The molecule has 0 N–H and O–H groups in total. The highest BCUT2D eigenvalue weighted by atomic mass is 127. The minimum atomic E-state index is -2.55. The lowest BCUT2D eigenvalue weighted by Crippen LogP contribution is -1.92. The maximum Gasteiger partial charge on any atom is 0.267 e. The van der Waals surface area contributed by atoms with Gasteiger partial charge in [-0.2, -0.15) is 0 Å². The average Bonchev–Trinajstić information content (AvgIpc) is 1.85. The molecule has 5 heteroatoms. The van der Waals surface area contributed by atoms with E-state index < -0.39 is 6.43 Å². The predicted octanol–water partition coefficient (Wildman–Crippen LogP) is 3.28. The van der Waals surface area contributed by atoms with Crippen LogP contribution in [-0.4, -0.2) is 4.98 Å². The molecule has 1 rings (SSSR count). The van der Waals surface area contributed by atoms with Gasteiger partial charge in [0.2, 0.25) is 0 Å². The predicted molar refractivity (Wildman–Crippen MR) is 46.9 cm³/mol. The Balaban J connectivity index is 3.21. The zero-order valence-corrected chi connectivity index (χ0v) is 8.10. The fourth-order valence-electron chi connectivity index (χ4n) is 0.620. The number of rotatable bonds is 1. The molecule has 0 aliphatic rings. The number of nitrogens with zero attached hydrogens (tertiary/aromatic N) is 1. The van der Waals surface area contributed by atoms with Crippen molar-refractivity contribution in [3.63, 3.8) is 0 Å². The van der Waals surface area contributed by atoms with Crippen LogP contribution < -0.4 is 0 Å². The molecule has 0 fully saturated rings. The zero-order valence-electron chi connectivity index (χ0n) is 5.19. The molecule has 0 amide bonds. The van der Waals surface area contributed by atoms with Gasteiger partial charge in [-0.25, -0.2) is 13.8 Å². The SMILES string of the molecule is FC(F)c1c(I)ccnc1Cl. The van der Waals surface area contributed by atoms with Crippen LogP contribution in [0.25, 0.3) is 0 Å². The van der Waals surface area contributed by atoms with Crippen molar-refractivity contribution in [2.45, 2.75) is 6.43 Å². The molecule has 1 aromatic rings. The van der Waals surface area contributed by atoms with Gasteiger partial charge in [-0.3, -0.25) is 0 Å². The average molecular weight is 289 g/mol. The third-order valence-corrected chi connectivity index (χ3v) is 2.35. The van der Waals surface area contributed by atoms with Crippen LogP contribution in [0.15, 0.2) is 12.3 Å². The van der Waals surface area contributed by atoms with Crippen LogP contribution >= 0.6 is 34.2 Å². The third-order valence-electron chi connectivity index (χ3n) is 1.11. The highest BCUT2D eigenvalue weighted by Gasteiger charge is 2.15. The summed E-state index contributed by atoms with van der Waals surface area (Å²) >= 11 is 7.23. The van der Waals surface area contributed by atoms with Gasteiger partial charge in [0.05, 0.1) is 5.56 Å². The number of pyridine rings is 1. The number of alkyl halides is 2. The first-order chi connectivity index (χ1) is 5.13. The van der Waals surface area contributed by atoms with E-state index in [1.54, 1.807) is 22.6 Å². The second kappa shape index (κ2) is 3.62. The van der Waals surface area contributed by atoms with Gasteiger partial charge in [0.1, 0.15) is 5.15 Å². The Morgan fingerprint density at radius 3 is 2.55 bits per heavy atom. The Morgan fingerprint density at radius 1 is 1.55 bits per heavy atom. The van der Waals surface area contributed by atoms with Crippen LogP contribution in [0.2, 0.25) is 5.15 Å². The highest BCUT2D eigenvalue weighted by molar-refractivity contribution is 14.1. The maximum atomic E-state index is 12.2. The Morgan fingerprint density at radius 2 is 2.18 bits per heavy atom. The topological polar surface area (TPSA) is 12.9 Å². The lowest BCUT2D eigenvalue weighted by atomic mass is 10.3. The normalized spacial score (nSPS) is 10.6. The van der Waals surface area contributed by atoms with Crippen molar-refractivity contribution in [1.82, 2.24) is 4.98 Å². The molecule has 60 valence electrons. The van der Waals surface area contributed by atoms with Crippen LogP contribution in [0.4, 0.5) is 8.78 Å². The molecule has 11 heavy (non-hydrogen) atoms. The summed E-state index contributed by atoms with van der Waals surface area (Å²) in [4.78, 5) is 3.54. The standard InChI is InChI=1S/C6H3ClF2IN/c7-5-4(6(8)9)3(10)1-2-11-5/h1-2,6H. The minimum absolute atomic E-state index is 0.119. The molecule has 1 heterocycles. The molecule has 0 radical (unpaired) electrons. The summed E-state index contributed by atoms with van der Waals surface area (Å²) in [6.45, 7) is 0. The second-order valence-corrected chi connectivity index (χ2v) is 3.32. The number of halogens is 4. The van der Waals surface area contributed by atoms with Crippen molar-refractivity contribution in [2.75, 3.05) is 0 Å². The monoisotopic (exact) mass is 289 g/mol. The minimum Gasteiger partial charge on any atom is -0.244 e. The van der Waals surface area contributed by atoms with Gasteiger partial charge in [-0.15, -0.1) is 0 Å². The smallest absolute Gasteiger partial charge is 0.244 e. The van der Waals surface area contributed by atoms with E-state index in [2.05, 4.69) is 4.98 Å². The Labute approximate surface area is 80.9 Å². The van der Waals surface area contributed by atoms with Crippen molar-refractivity contribution >= 4 is 34.2 Å². The summed E-state index contributed by atoms with van der Waals surface area (Å²) < 4.78 is 24.8. The molecule has 0 aliphatic carbocycles. The van der Waals surface area contributed by atoms with E-state index in [4.69, 9.17) is 11.6 Å². The molecule has 0 atom stereocenters. The first-order valence-electron chi connectivity index (χ1n) is 2.71. The largest absolute Gasteiger partial charge is 0.267 e. The van der Waals surface area contributed by atoms with Gasteiger partial charge < -0.3 is 0 Å². The highest BCUT2D eigenvalue weighted by Crippen LogP contribution is 2.29. The molecule has 0 aromatic carbocycles. The Bertz CT molecular complexity index is 247. The van der Waals surface area contributed by atoms with E-state index in [0.717, 1.165) is 0 Å². The summed E-state index contributed by atoms with van der Waals surface area (Å²) in [6, 6.07) is 1.49. The van der Waals surface area contributed by atoms with Crippen LogP contribution in [-0.2, 0) is 0 Å². The summed E-state index contributed by atoms with van der Waals surface area (Å²) in [7, 11) is 0. The van der Waals surface area contributed by atoms with Crippen molar-refractivity contribution in [1.29, 1.82) is 0 Å². The lowest BCUT2D eigenvalue weighted by Gasteiger charge is -2.02. The van der Waals surface area contributed by atoms with Crippen molar-refractivity contribution in [3.05, 3.63) is 26.5 Å². The molecule has 0 unspecified atom stereocenters. The summed E-state index contributed by atoms with van der Waals surface area (Å²) in [5.74, 6) is 0. The van der Waals surface area contributed by atoms with E-state index >= 15 is 0 Å². The number of hydrogen-bond donors (Lipinski definition) is 0. The first-order valence-corrected chi connectivity index (χ1v) is 4.16. The maximum absolute atomic E-state index is 12.2. The van der Waals surface area contributed by atoms with Gasteiger partial charge in [0.15, 0.2) is 0 Å². The van der Waals surface area contributed by atoms with Crippen molar-refractivity contribution < 1.29 is 8.78 Å². The van der Waals surface area contributed by atoms with Gasteiger partial charge in [0.25, 0.3) is 6.43 Å². The van der Waals surface area contributed by atoms with Gasteiger partial charge in [-0.1, -0.05) is 11.6 Å². The summed E-state index contributed by atoms with van der Waals surface area (Å²) in [5.41, 5.74) is -0.185. The van der Waals surface area contributed by atoms with Gasteiger partial charge in [0, 0.05) is 9.77 Å². The van der Waals surface area contributed by atoms with E-state index in [1.807, 2.05) is 0 Å². The molecule has 1 aromatic heterocycles. The van der Waals surface area contributed by atoms with E-state index in [-0.39, 0.29) is 10.7 Å². The van der Waals surface area contributed by atoms with Crippen molar-refractivity contribution in [2.24, 2.45) is 0 Å². The summed E-state index contributed by atoms with van der Waals surface area (Å²) in [5, 5.41) is -0.119. The molecular formula is C6H3ClF2IN. The third kappa shape index (κ3) is 1.99. The van der Waals surface area contributed by atoms with E-state index in [1.165, 1.54) is 12.3 Å². The van der Waals surface area contributed by atoms with E-state index in [9.17, 15) is 8.78 Å². The summed E-state index contributed by atoms with van der Waals surface area (Å²) in [6.07, 6.45) is -1.15. The number of hydrogen-bond acceptors (Lipinski definition) is 1. The van der Waals surface area contributed by atoms with Gasteiger partial charge in [-0.05, 0) is 28.7 Å². The lowest BCUT2D eigenvalue weighted by molar-refractivity contribution is 0.150. The van der Waals surface area contributed by atoms with Crippen molar-refractivity contribution in [3.8, 4) is 0 Å². The Hall–Kier alpha value is 0.0300. The molecule has 1 nitrogen and oxygen atoms in total. The fourth-order valence-corrected chi connectivity index (χ4v) is 1.67. The zero-order chi connectivity index (χ0) is 8.43. The molecule has 0 aliphatic heterocycles. The fraction of sp³-hybridized carbons (Fsp3) is 0.167. The van der Waals surface area contributed by atoms with Gasteiger partial charge >= 0.3 is 0 Å². The molecule has 0 spiro atoms. The molecule has 0 bridgehead atoms. The van der Waals surface area contributed by atoms with Crippen LogP contribution in [0.1, 0.15) is 12.0 Å². The first kappa shape index (κ1) is 9.12. The Kier molecular flexibility index (Phi) is 3.00. The van der Waals surface area contributed by atoms with E-state index in [0.29, 0.717) is 3.57 Å². The number of aromatic nitrogens is 1. The molecule has 0 saturated heterocycles.